The van der Waals surface area contributed by atoms with Crippen LogP contribution < -0.4 is 21.3 Å². The number of ether oxygens (including phenoxy) is 1. The van der Waals surface area contributed by atoms with E-state index in [-0.39, 0.29) is 11.4 Å². The van der Waals surface area contributed by atoms with Crippen molar-refractivity contribution in [1.29, 1.82) is 0 Å². The molecular weight excluding hydrogens is 248 g/mol. The van der Waals surface area contributed by atoms with E-state index in [1.807, 2.05) is 0 Å². The number of para-hydroxylation sites is 2. The van der Waals surface area contributed by atoms with Gasteiger partial charge in [0.1, 0.15) is 0 Å². The molecule has 0 heterocycles. The topological polar surface area (TPSA) is 93.4 Å². The highest BCUT2D eigenvalue weighted by Gasteiger charge is 2.42. The maximum absolute atomic E-state index is 13.2. The van der Waals surface area contributed by atoms with Crippen molar-refractivity contribution in [1.82, 2.24) is 5.43 Å². The second kappa shape index (κ2) is 5.41. The Balaban J connectivity index is 2.96. The maximum atomic E-state index is 13.2. The maximum Gasteiger partial charge on any atom is 0.483 e. The summed E-state index contributed by atoms with van der Waals surface area (Å²) in [4.78, 5) is 21.6. The monoisotopic (exact) mass is 259 g/mol. The lowest BCUT2D eigenvalue weighted by atomic mass is 10.3. The van der Waals surface area contributed by atoms with Gasteiger partial charge in [0.2, 0.25) is 5.91 Å². The Morgan fingerprint density at radius 2 is 1.94 bits per heavy atom. The Morgan fingerprint density at radius 3 is 2.50 bits per heavy atom. The molecule has 1 aromatic carbocycles. The fourth-order valence-electron chi connectivity index (χ4n) is 1.12. The van der Waals surface area contributed by atoms with Gasteiger partial charge in [-0.2, -0.15) is 8.78 Å². The van der Waals surface area contributed by atoms with Crippen molar-refractivity contribution in [2.75, 3.05) is 5.32 Å². The minimum atomic E-state index is -4.14. The van der Waals surface area contributed by atoms with Crippen LogP contribution >= 0.6 is 0 Å². The number of nitrogens with one attached hydrogen (secondary N) is 2. The molecule has 0 saturated heterocycles. The van der Waals surface area contributed by atoms with E-state index in [1.54, 1.807) is 0 Å². The number of benzene rings is 1. The number of anilines is 1. The van der Waals surface area contributed by atoms with Gasteiger partial charge in [0, 0.05) is 6.92 Å². The van der Waals surface area contributed by atoms with Crippen LogP contribution in [0.15, 0.2) is 24.3 Å². The second-order valence-corrected chi connectivity index (χ2v) is 3.27. The van der Waals surface area contributed by atoms with Gasteiger partial charge in [0.25, 0.3) is 0 Å². The Morgan fingerprint density at radius 1 is 1.33 bits per heavy atom. The molecule has 0 aromatic heterocycles. The number of halogens is 2. The number of hydrazine groups is 1. The summed E-state index contributed by atoms with van der Waals surface area (Å²) >= 11 is 0. The molecule has 0 aliphatic rings. The van der Waals surface area contributed by atoms with E-state index < -0.39 is 17.9 Å². The molecule has 1 aromatic rings. The van der Waals surface area contributed by atoms with Crippen LogP contribution in [-0.2, 0) is 9.59 Å². The molecule has 1 rings (SSSR count). The normalized spacial score (nSPS) is 10.7. The molecule has 0 aliphatic heterocycles. The third-order valence-corrected chi connectivity index (χ3v) is 1.83. The fraction of sp³-hybridized carbons (Fsp3) is 0.200. The summed E-state index contributed by atoms with van der Waals surface area (Å²) in [5, 5.41) is 2.29. The van der Waals surface area contributed by atoms with Crippen molar-refractivity contribution < 1.29 is 23.1 Å². The van der Waals surface area contributed by atoms with Gasteiger partial charge in [-0.25, -0.2) is 5.84 Å². The lowest BCUT2D eigenvalue weighted by molar-refractivity contribution is -0.192. The molecular formula is C10H11F2N3O3. The average molecular weight is 259 g/mol. The smallest absolute Gasteiger partial charge is 0.423 e. The Bertz CT molecular complexity index is 465. The van der Waals surface area contributed by atoms with E-state index in [4.69, 9.17) is 0 Å². The summed E-state index contributed by atoms with van der Waals surface area (Å²) in [6, 6.07) is 5.46. The Hall–Kier alpha value is -2.22. The van der Waals surface area contributed by atoms with Crippen LogP contribution in [0.3, 0.4) is 0 Å². The lowest BCUT2D eigenvalue weighted by Crippen LogP contribution is -2.47. The molecule has 0 saturated carbocycles. The Kier molecular flexibility index (Phi) is 4.16. The first-order chi connectivity index (χ1) is 8.36. The first-order valence-electron chi connectivity index (χ1n) is 4.81. The van der Waals surface area contributed by atoms with Gasteiger partial charge in [-0.1, -0.05) is 12.1 Å². The number of carbonyl (C=O) groups excluding carboxylic acids is 2. The molecule has 8 heteroatoms. The first kappa shape index (κ1) is 13.8. The van der Waals surface area contributed by atoms with Gasteiger partial charge < -0.3 is 10.1 Å². The minimum Gasteiger partial charge on any atom is -0.423 e. The van der Waals surface area contributed by atoms with E-state index in [9.17, 15) is 18.4 Å². The van der Waals surface area contributed by atoms with E-state index in [2.05, 4.69) is 15.9 Å². The zero-order valence-electron chi connectivity index (χ0n) is 9.37. The van der Waals surface area contributed by atoms with Crippen molar-refractivity contribution in [3.8, 4) is 5.75 Å². The molecule has 98 valence electrons. The molecule has 6 nitrogen and oxygen atoms in total. The van der Waals surface area contributed by atoms with Crippen molar-refractivity contribution in [2.45, 2.75) is 13.0 Å². The van der Waals surface area contributed by atoms with E-state index in [0.717, 1.165) is 0 Å². The number of nitrogens with two attached hydrogens (primary N) is 1. The first-order valence-corrected chi connectivity index (χ1v) is 4.81. The van der Waals surface area contributed by atoms with Crippen molar-refractivity contribution in [2.24, 2.45) is 5.84 Å². The van der Waals surface area contributed by atoms with Crippen molar-refractivity contribution in [3.05, 3.63) is 24.3 Å². The van der Waals surface area contributed by atoms with E-state index in [1.165, 1.54) is 36.6 Å². The molecule has 0 unspecified atom stereocenters. The van der Waals surface area contributed by atoms with Crippen LogP contribution in [0.2, 0.25) is 0 Å². The number of carbonyl (C=O) groups is 2. The summed E-state index contributed by atoms with van der Waals surface area (Å²) < 4.78 is 30.6. The largest absolute Gasteiger partial charge is 0.483 e. The second-order valence-electron chi connectivity index (χ2n) is 3.27. The third-order valence-electron chi connectivity index (χ3n) is 1.83. The number of amides is 2. The summed E-state index contributed by atoms with van der Waals surface area (Å²) in [7, 11) is 0. The molecule has 0 aliphatic carbocycles. The average Bonchev–Trinajstić information content (AvgIpc) is 2.29. The molecule has 4 N–H and O–H groups in total. The highest BCUT2D eigenvalue weighted by molar-refractivity contribution is 5.90. The van der Waals surface area contributed by atoms with Gasteiger partial charge >= 0.3 is 12.0 Å². The molecule has 0 bridgehead atoms. The van der Waals surface area contributed by atoms with Crippen LogP contribution in [0.25, 0.3) is 0 Å². The molecule has 0 radical (unpaired) electrons. The summed E-state index contributed by atoms with van der Waals surface area (Å²) in [6.07, 6.45) is -4.14. The highest BCUT2D eigenvalue weighted by atomic mass is 19.3. The van der Waals surface area contributed by atoms with Gasteiger partial charge in [0.15, 0.2) is 5.75 Å². The summed E-state index contributed by atoms with van der Waals surface area (Å²) in [5.74, 6) is 2.00. The molecule has 18 heavy (non-hydrogen) atoms. The zero-order chi connectivity index (χ0) is 13.8. The predicted octanol–water partition coefficient (Wildman–Crippen LogP) is 0.607. The van der Waals surface area contributed by atoms with Crippen LogP contribution in [0, 0.1) is 0 Å². The van der Waals surface area contributed by atoms with Gasteiger partial charge in [-0.3, -0.25) is 15.0 Å². The number of hydrogen-bond donors (Lipinski definition) is 3. The molecule has 0 spiro atoms. The number of rotatable bonds is 4. The fourth-order valence-corrected chi connectivity index (χ4v) is 1.12. The molecule has 2 amide bonds. The number of hydrogen-bond acceptors (Lipinski definition) is 4. The summed E-state index contributed by atoms with van der Waals surface area (Å²) in [6.45, 7) is 1.21. The van der Waals surface area contributed by atoms with Crippen LogP contribution in [0.5, 0.6) is 5.75 Å². The van der Waals surface area contributed by atoms with Gasteiger partial charge in [0.05, 0.1) is 5.69 Å². The quantitative estimate of drug-likeness (QED) is 0.419. The summed E-state index contributed by atoms with van der Waals surface area (Å²) in [5.41, 5.74) is 1.31. The van der Waals surface area contributed by atoms with Crippen LogP contribution in [-0.4, -0.2) is 17.9 Å². The molecule has 0 fully saturated rings. The van der Waals surface area contributed by atoms with Gasteiger partial charge in [-0.05, 0) is 12.1 Å². The van der Waals surface area contributed by atoms with Crippen molar-refractivity contribution in [3.63, 3.8) is 0 Å². The standard InChI is InChI=1S/C10H11F2N3O3/c1-6(16)14-7-4-2-3-5-8(7)18-10(11,12)9(17)15-13/h2-5H,13H2,1H3,(H,14,16)(H,15,17). The van der Waals surface area contributed by atoms with Crippen molar-refractivity contribution >= 4 is 17.5 Å². The predicted molar refractivity (Wildman–Crippen MR) is 58.7 cm³/mol. The SMILES string of the molecule is CC(=O)Nc1ccccc1OC(F)(F)C(=O)NN. The van der Waals surface area contributed by atoms with E-state index >= 15 is 0 Å². The van der Waals surface area contributed by atoms with Crippen LogP contribution in [0.1, 0.15) is 6.92 Å². The highest BCUT2D eigenvalue weighted by Crippen LogP contribution is 2.29. The van der Waals surface area contributed by atoms with E-state index in [0.29, 0.717) is 0 Å². The molecule has 0 atom stereocenters. The Labute approximate surface area is 101 Å². The number of alkyl halides is 2. The zero-order valence-corrected chi connectivity index (χ0v) is 9.37. The van der Waals surface area contributed by atoms with Gasteiger partial charge in [-0.15, -0.1) is 0 Å². The minimum absolute atomic E-state index is 0.0227. The lowest BCUT2D eigenvalue weighted by Gasteiger charge is -2.18. The van der Waals surface area contributed by atoms with Crippen LogP contribution in [0.4, 0.5) is 14.5 Å². The third kappa shape index (κ3) is 3.39.